The molecule has 2 heterocycles. The zero-order chi connectivity index (χ0) is 15.8. The predicted molar refractivity (Wildman–Crippen MR) is 100 cm³/mol. The largest absolute Gasteiger partial charge is 0.346 e. The van der Waals surface area contributed by atoms with Crippen molar-refractivity contribution in [3.05, 3.63) is 67.7 Å². The van der Waals surface area contributed by atoms with Gasteiger partial charge >= 0.3 is 0 Å². The van der Waals surface area contributed by atoms with Gasteiger partial charge in [0, 0.05) is 8.04 Å². The van der Waals surface area contributed by atoms with E-state index >= 15 is 0 Å². The number of anilines is 1. The van der Waals surface area contributed by atoms with Gasteiger partial charge in [0.25, 0.3) is 0 Å². The molecule has 0 radical (unpaired) electrons. The number of fused-ring (bicyclic) bond motifs is 1. The minimum atomic E-state index is 0.123. The maximum atomic E-state index is 4.18. The summed E-state index contributed by atoms with van der Waals surface area (Å²) in [7, 11) is 0. The van der Waals surface area contributed by atoms with Crippen molar-refractivity contribution in [3.8, 4) is 0 Å². The number of tetrazole rings is 1. The molecule has 3 aromatic rings. The van der Waals surface area contributed by atoms with Crippen LogP contribution in [0.5, 0.6) is 0 Å². The zero-order valence-electron chi connectivity index (χ0n) is 12.0. The topological polar surface area (TPSA) is 55.6 Å². The quantitative estimate of drug-likeness (QED) is 0.558. The summed E-state index contributed by atoms with van der Waals surface area (Å²) in [5, 5.41) is 15.6. The highest BCUT2D eigenvalue weighted by atomic mass is 127. The predicted octanol–water partition coefficient (Wildman–Crippen LogP) is 4.19. The third-order valence-electron chi connectivity index (χ3n) is 4.07. The lowest BCUT2D eigenvalue weighted by Gasteiger charge is -2.31. The minimum absolute atomic E-state index is 0.123. The molecule has 2 aromatic carbocycles. The highest BCUT2D eigenvalue weighted by molar-refractivity contribution is 14.1. The van der Waals surface area contributed by atoms with Gasteiger partial charge in [-0.2, -0.15) is 0 Å². The number of rotatable bonds is 2. The second kappa shape index (κ2) is 6.20. The molecule has 1 aliphatic rings. The summed E-state index contributed by atoms with van der Waals surface area (Å²) in [4.78, 5) is 0. The van der Waals surface area contributed by atoms with Crippen molar-refractivity contribution in [2.45, 2.75) is 18.5 Å². The summed E-state index contributed by atoms with van der Waals surface area (Å²) in [5.74, 6) is 0.714. The summed E-state index contributed by atoms with van der Waals surface area (Å²) in [6.45, 7) is 0. The van der Waals surface area contributed by atoms with Gasteiger partial charge in [0.15, 0.2) is 0 Å². The van der Waals surface area contributed by atoms with Gasteiger partial charge in [0.05, 0.1) is 12.1 Å². The van der Waals surface area contributed by atoms with Gasteiger partial charge in [0.1, 0.15) is 0 Å². The molecule has 0 saturated heterocycles. The Labute approximate surface area is 155 Å². The summed E-state index contributed by atoms with van der Waals surface area (Å²) in [6.07, 6.45) is 0.897. The van der Waals surface area contributed by atoms with Crippen LogP contribution in [0, 0.1) is 3.57 Å². The van der Waals surface area contributed by atoms with Crippen LogP contribution < -0.4 is 5.32 Å². The van der Waals surface area contributed by atoms with Gasteiger partial charge in [-0.25, -0.2) is 4.68 Å². The molecule has 1 aliphatic heterocycles. The third kappa shape index (κ3) is 2.87. The van der Waals surface area contributed by atoms with Crippen LogP contribution in [0.25, 0.3) is 0 Å². The van der Waals surface area contributed by atoms with E-state index in [4.69, 9.17) is 0 Å². The molecule has 0 fully saturated rings. The van der Waals surface area contributed by atoms with E-state index < -0.39 is 0 Å². The Hall–Kier alpha value is -1.48. The Morgan fingerprint density at radius 2 is 2.04 bits per heavy atom. The number of hydrogen-bond donors (Lipinski definition) is 1. The molecule has 1 aromatic heterocycles. The lowest BCUT2D eigenvalue weighted by Crippen LogP contribution is -2.28. The Morgan fingerprint density at radius 3 is 2.87 bits per heavy atom. The van der Waals surface area contributed by atoms with Crippen LogP contribution >= 0.6 is 38.5 Å². The molecule has 0 amide bonds. The first-order valence-electron chi connectivity index (χ1n) is 7.26. The second-order valence-electron chi connectivity index (χ2n) is 5.47. The molecular weight excluding hydrogens is 469 g/mol. The van der Waals surface area contributed by atoms with Crippen LogP contribution in [0.2, 0.25) is 0 Å². The lowest BCUT2D eigenvalue weighted by molar-refractivity contribution is 0.422. The maximum absolute atomic E-state index is 4.18. The number of nitrogens with one attached hydrogen (secondary N) is 1. The molecule has 1 N–H and O–H groups in total. The molecule has 0 spiro atoms. The van der Waals surface area contributed by atoms with Crippen molar-refractivity contribution in [1.29, 1.82) is 0 Å². The van der Waals surface area contributed by atoms with Gasteiger partial charge in [-0.1, -0.05) is 51.4 Å². The minimum Gasteiger partial charge on any atom is -0.346 e. The molecule has 5 nitrogen and oxygen atoms in total. The Morgan fingerprint density at radius 1 is 1.17 bits per heavy atom. The van der Waals surface area contributed by atoms with E-state index in [2.05, 4.69) is 102 Å². The molecule has 0 aliphatic carbocycles. The fourth-order valence-electron chi connectivity index (χ4n) is 2.98. The fraction of sp³-hybridized carbons (Fsp3) is 0.188. The van der Waals surface area contributed by atoms with E-state index in [9.17, 15) is 0 Å². The summed E-state index contributed by atoms with van der Waals surface area (Å²) >= 11 is 5.93. The van der Waals surface area contributed by atoms with E-state index in [0.29, 0.717) is 5.95 Å². The number of hydrogen-bond acceptors (Lipinski definition) is 4. The fourth-order valence-corrected chi connectivity index (χ4v) is 4.15. The number of halogens is 2. The smallest absolute Gasteiger partial charge is 0.243 e. The number of benzene rings is 2. The van der Waals surface area contributed by atoms with Crippen molar-refractivity contribution in [3.63, 3.8) is 0 Å². The highest BCUT2D eigenvalue weighted by Crippen LogP contribution is 2.38. The second-order valence-corrected chi connectivity index (χ2v) is 7.55. The van der Waals surface area contributed by atoms with Gasteiger partial charge in [-0.15, -0.1) is 0 Å². The van der Waals surface area contributed by atoms with Gasteiger partial charge < -0.3 is 5.32 Å². The monoisotopic (exact) mass is 481 g/mol. The standard InChI is InChI=1S/C16H13BrIN5/c17-11-5-3-4-10(8-11)14-9-15(12-6-1-2-7-13(12)18)23-16(19-14)20-21-22-23/h1-8,14-15H,9H2,(H,19,20,22)/t14-,15+/m0/s1. The van der Waals surface area contributed by atoms with Gasteiger partial charge in [-0.3, -0.25) is 0 Å². The Balaban J connectivity index is 1.77. The molecule has 4 rings (SSSR count). The van der Waals surface area contributed by atoms with Crippen molar-refractivity contribution in [1.82, 2.24) is 20.2 Å². The third-order valence-corrected chi connectivity index (χ3v) is 5.54. The van der Waals surface area contributed by atoms with E-state index in [1.54, 1.807) is 0 Å². The van der Waals surface area contributed by atoms with Gasteiger partial charge in [0.2, 0.25) is 5.95 Å². The van der Waals surface area contributed by atoms with Crippen LogP contribution in [-0.4, -0.2) is 20.2 Å². The zero-order valence-corrected chi connectivity index (χ0v) is 15.8. The average molecular weight is 482 g/mol. The molecular formula is C16H13BrIN5. The van der Waals surface area contributed by atoms with Crippen molar-refractivity contribution < 1.29 is 0 Å². The van der Waals surface area contributed by atoms with Crippen LogP contribution in [0.3, 0.4) is 0 Å². The maximum Gasteiger partial charge on any atom is 0.243 e. The Kier molecular flexibility index (Phi) is 4.06. The summed E-state index contributed by atoms with van der Waals surface area (Å²) < 4.78 is 4.19. The molecule has 23 heavy (non-hydrogen) atoms. The molecule has 0 saturated carbocycles. The van der Waals surface area contributed by atoms with Crippen LogP contribution in [-0.2, 0) is 0 Å². The summed E-state index contributed by atoms with van der Waals surface area (Å²) in [6, 6.07) is 17.1. The molecule has 0 unspecified atom stereocenters. The lowest BCUT2D eigenvalue weighted by atomic mass is 9.93. The Bertz CT molecular complexity index is 850. The van der Waals surface area contributed by atoms with Crippen LogP contribution in [0.4, 0.5) is 5.95 Å². The normalized spacial score (nSPS) is 19.9. The van der Waals surface area contributed by atoms with E-state index in [0.717, 1.165) is 10.9 Å². The molecule has 0 bridgehead atoms. The number of nitrogens with zero attached hydrogens (tertiary/aromatic N) is 4. The first-order valence-corrected chi connectivity index (χ1v) is 9.14. The van der Waals surface area contributed by atoms with Crippen LogP contribution in [0.15, 0.2) is 53.0 Å². The molecule has 7 heteroatoms. The molecule has 2 atom stereocenters. The van der Waals surface area contributed by atoms with E-state index in [1.165, 1.54) is 14.7 Å². The molecule has 116 valence electrons. The first-order chi connectivity index (χ1) is 11.2. The SMILES string of the molecule is Brc1cccc([C@@H]2C[C@H](c3ccccc3I)n3nnnc3N2)c1. The van der Waals surface area contributed by atoms with Crippen molar-refractivity contribution >= 4 is 44.5 Å². The first kappa shape index (κ1) is 15.1. The van der Waals surface area contributed by atoms with Crippen molar-refractivity contribution in [2.24, 2.45) is 0 Å². The van der Waals surface area contributed by atoms with Crippen molar-refractivity contribution in [2.75, 3.05) is 5.32 Å². The van der Waals surface area contributed by atoms with E-state index in [-0.39, 0.29) is 12.1 Å². The van der Waals surface area contributed by atoms with Crippen LogP contribution in [0.1, 0.15) is 29.6 Å². The van der Waals surface area contributed by atoms with E-state index in [1.807, 2.05) is 10.7 Å². The average Bonchev–Trinajstić information content (AvgIpc) is 3.03. The summed E-state index contributed by atoms with van der Waals surface area (Å²) in [5.41, 5.74) is 2.48. The highest BCUT2D eigenvalue weighted by Gasteiger charge is 2.31. The van der Waals surface area contributed by atoms with Gasteiger partial charge in [-0.05, 0) is 68.8 Å². The number of aromatic nitrogens is 4.